The van der Waals surface area contributed by atoms with E-state index in [1.54, 1.807) is 0 Å². The average Bonchev–Trinajstić information content (AvgIpc) is 2.54. The third-order valence-corrected chi connectivity index (χ3v) is 3.81. The molecule has 0 saturated carbocycles. The van der Waals surface area contributed by atoms with Crippen molar-refractivity contribution in [3.05, 3.63) is 71.8 Å². The first-order valence-electron chi connectivity index (χ1n) is 7.15. The predicted octanol–water partition coefficient (Wildman–Crippen LogP) is 3.70. The largest absolute Gasteiger partial charge is 0.362 e. The molecule has 0 heterocycles. The van der Waals surface area contributed by atoms with Crippen molar-refractivity contribution >= 4 is 0 Å². The number of rotatable bonds is 6. The molecule has 2 rings (SSSR count). The van der Waals surface area contributed by atoms with Gasteiger partial charge < -0.3 is 10.5 Å². The van der Waals surface area contributed by atoms with Gasteiger partial charge in [-0.25, -0.2) is 0 Å². The summed E-state index contributed by atoms with van der Waals surface area (Å²) >= 11 is 0. The normalized spacial score (nSPS) is 13.2. The molecule has 2 aromatic carbocycles. The zero-order valence-corrected chi connectivity index (χ0v) is 12.3. The van der Waals surface area contributed by atoms with Crippen molar-refractivity contribution in [1.29, 1.82) is 0 Å². The van der Waals surface area contributed by atoms with Crippen LogP contribution in [-0.2, 0) is 10.2 Å². The van der Waals surface area contributed by atoms with E-state index in [2.05, 4.69) is 55.5 Å². The van der Waals surface area contributed by atoms with Gasteiger partial charge in [0.1, 0.15) is 6.23 Å². The van der Waals surface area contributed by atoms with Crippen LogP contribution in [0, 0.1) is 0 Å². The van der Waals surface area contributed by atoms with Crippen LogP contribution in [0.5, 0.6) is 0 Å². The average molecular weight is 269 g/mol. The van der Waals surface area contributed by atoms with Gasteiger partial charge in [-0.1, -0.05) is 67.6 Å². The second kappa shape index (κ2) is 6.69. The van der Waals surface area contributed by atoms with E-state index in [1.807, 2.05) is 19.1 Å². The molecule has 1 unspecified atom stereocenters. The predicted molar refractivity (Wildman–Crippen MR) is 83.6 cm³/mol. The van der Waals surface area contributed by atoms with Gasteiger partial charge in [0, 0.05) is 5.41 Å². The summed E-state index contributed by atoms with van der Waals surface area (Å²) in [5.41, 5.74) is 8.22. The Kier molecular flexibility index (Phi) is 4.94. The topological polar surface area (TPSA) is 35.2 Å². The van der Waals surface area contributed by atoms with Crippen molar-refractivity contribution in [3.8, 4) is 0 Å². The molecule has 0 amide bonds. The minimum absolute atomic E-state index is 0.185. The molecule has 0 bridgehead atoms. The standard InChI is InChI=1S/C18H23NO/c1-3-17(19)20-14-18(2,15-10-6-4-7-11-15)16-12-8-5-9-13-16/h4-13,17H,3,14,19H2,1-2H3. The maximum absolute atomic E-state index is 5.91. The Morgan fingerprint density at radius 3 is 1.80 bits per heavy atom. The van der Waals surface area contributed by atoms with Crippen LogP contribution in [0.3, 0.4) is 0 Å². The lowest BCUT2D eigenvalue weighted by Gasteiger charge is -2.32. The first kappa shape index (κ1) is 14.8. The van der Waals surface area contributed by atoms with Crippen molar-refractivity contribution in [1.82, 2.24) is 0 Å². The molecule has 0 aliphatic rings. The summed E-state index contributed by atoms with van der Waals surface area (Å²) in [6.45, 7) is 4.82. The Bertz CT molecular complexity index is 470. The van der Waals surface area contributed by atoms with Gasteiger partial charge in [0.05, 0.1) is 6.61 Å². The molecular formula is C18H23NO. The van der Waals surface area contributed by atoms with Gasteiger partial charge in [-0.3, -0.25) is 0 Å². The Balaban J connectivity index is 2.33. The summed E-state index contributed by atoms with van der Waals surface area (Å²) in [6.07, 6.45) is 0.612. The zero-order valence-electron chi connectivity index (χ0n) is 12.3. The second-order valence-electron chi connectivity index (χ2n) is 5.32. The van der Waals surface area contributed by atoms with Gasteiger partial charge in [0.15, 0.2) is 0 Å². The van der Waals surface area contributed by atoms with E-state index in [0.717, 1.165) is 6.42 Å². The first-order valence-corrected chi connectivity index (χ1v) is 7.15. The Morgan fingerprint density at radius 2 is 1.40 bits per heavy atom. The van der Waals surface area contributed by atoms with Gasteiger partial charge in [-0.05, 0) is 24.5 Å². The Hall–Kier alpha value is -1.64. The monoisotopic (exact) mass is 269 g/mol. The summed E-state index contributed by atoms with van der Waals surface area (Å²) in [6, 6.07) is 20.9. The number of hydrogen-bond donors (Lipinski definition) is 1. The van der Waals surface area contributed by atoms with Crippen LogP contribution in [-0.4, -0.2) is 12.8 Å². The summed E-state index contributed by atoms with van der Waals surface area (Å²) in [4.78, 5) is 0. The van der Waals surface area contributed by atoms with Crippen molar-refractivity contribution in [2.75, 3.05) is 6.61 Å². The maximum atomic E-state index is 5.91. The molecule has 0 spiro atoms. The Labute approximate surface area is 121 Å². The van der Waals surface area contributed by atoms with E-state index in [-0.39, 0.29) is 11.6 Å². The fourth-order valence-corrected chi connectivity index (χ4v) is 2.34. The van der Waals surface area contributed by atoms with Crippen LogP contribution < -0.4 is 5.73 Å². The summed E-state index contributed by atoms with van der Waals surface area (Å²) in [7, 11) is 0. The van der Waals surface area contributed by atoms with Crippen LogP contribution in [0.4, 0.5) is 0 Å². The first-order chi connectivity index (χ1) is 9.66. The lowest BCUT2D eigenvalue weighted by Crippen LogP contribution is -2.34. The zero-order chi connectivity index (χ0) is 14.4. The van der Waals surface area contributed by atoms with Crippen LogP contribution in [0.25, 0.3) is 0 Å². The molecule has 0 saturated heterocycles. The molecule has 0 aliphatic carbocycles. The summed E-state index contributed by atoms with van der Waals surface area (Å²) < 4.78 is 5.84. The van der Waals surface area contributed by atoms with E-state index in [1.165, 1.54) is 11.1 Å². The highest BCUT2D eigenvalue weighted by Gasteiger charge is 2.29. The van der Waals surface area contributed by atoms with Gasteiger partial charge in [0.25, 0.3) is 0 Å². The molecule has 2 nitrogen and oxygen atoms in total. The SMILES string of the molecule is CCC(N)OCC(C)(c1ccccc1)c1ccccc1. The molecule has 0 aromatic heterocycles. The lowest BCUT2D eigenvalue weighted by atomic mass is 9.77. The van der Waals surface area contributed by atoms with Crippen molar-refractivity contribution in [2.45, 2.75) is 31.9 Å². The molecule has 20 heavy (non-hydrogen) atoms. The summed E-state index contributed by atoms with van der Waals surface area (Å²) in [5.74, 6) is 0. The minimum atomic E-state index is -0.207. The molecule has 2 heteroatoms. The van der Waals surface area contributed by atoms with Crippen molar-refractivity contribution in [3.63, 3.8) is 0 Å². The lowest BCUT2D eigenvalue weighted by molar-refractivity contribution is 0.0320. The van der Waals surface area contributed by atoms with E-state index >= 15 is 0 Å². The second-order valence-corrected chi connectivity index (χ2v) is 5.32. The smallest absolute Gasteiger partial charge is 0.105 e. The molecule has 1 atom stereocenters. The van der Waals surface area contributed by atoms with Crippen molar-refractivity contribution in [2.24, 2.45) is 5.73 Å². The van der Waals surface area contributed by atoms with E-state index < -0.39 is 0 Å². The van der Waals surface area contributed by atoms with Gasteiger partial charge >= 0.3 is 0 Å². The number of benzene rings is 2. The minimum Gasteiger partial charge on any atom is -0.362 e. The third-order valence-electron chi connectivity index (χ3n) is 3.81. The van der Waals surface area contributed by atoms with Gasteiger partial charge in [0.2, 0.25) is 0 Å². The van der Waals surface area contributed by atoms with Gasteiger partial charge in [-0.2, -0.15) is 0 Å². The van der Waals surface area contributed by atoms with Crippen LogP contribution in [0.2, 0.25) is 0 Å². The molecule has 0 radical (unpaired) electrons. The van der Waals surface area contributed by atoms with E-state index in [0.29, 0.717) is 6.61 Å². The molecular weight excluding hydrogens is 246 g/mol. The molecule has 2 aromatic rings. The van der Waals surface area contributed by atoms with Crippen LogP contribution >= 0.6 is 0 Å². The van der Waals surface area contributed by atoms with Crippen LogP contribution in [0.15, 0.2) is 60.7 Å². The Morgan fingerprint density at radius 1 is 0.950 bits per heavy atom. The van der Waals surface area contributed by atoms with Crippen molar-refractivity contribution < 1.29 is 4.74 Å². The van der Waals surface area contributed by atoms with Gasteiger partial charge in [-0.15, -0.1) is 0 Å². The number of ether oxygens (including phenoxy) is 1. The highest BCUT2D eigenvalue weighted by atomic mass is 16.5. The fourth-order valence-electron chi connectivity index (χ4n) is 2.34. The third kappa shape index (κ3) is 3.27. The number of nitrogens with two attached hydrogens (primary N) is 1. The highest BCUT2D eigenvalue weighted by molar-refractivity contribution is 5.38. The quantitative estimate of drug-likeness (QED) is 0.811. The fraction of sp³-hybridized carbons (Fsp3) is 0.333. The van der Waals surface area contributed by atoms with Crippen LogP contribution in [0.1, 0.15) is 31.4 Å². The molecule has 0 fully saturated rings. The maximum Gasteiger partial charge on any atom is 0.105 e. The number of hydrogen-bond acceptors (Lipinski definition) is 2. The molecule has 2 N–H and O–H groups in total. The van der Waals surface area contributed by atoms with E-state index in [4.69, 9.17) is 10.5 Å². The molecule has 106 valence electrons. The highest BCUT2D eigenvalue weighted by Crippen LogP contribution is 2.32. The summed E-state index contributed by atoms with van der Waals surface area (Å²) in [5, 5.41) is 0. The molecule has 0 aliphatic heterocycles. The van der Waals surface area contributed by atoms with E-state index in [9.17, 15) is 0 Å².